The Morgan fingerprint density at radius 3 is 2.84 bits per heavy atom. The molecule has 0 aliphatic carbocycles. The van der Waals surface area contributed by atoms with Gasteiger partial charge < -0.3 is 5.32 Å². The van der Waals surface area contributed by atoms with Crippen LogP contribution >= 0.6 is 11.3 Å². The van der Waals surface area contributed by atoms with Gasteiger partial charge in [0.05, 0.1) is 6.54 Å². The van der Waals surface area contributed by atoms with E-state index in [1.807, 2.05) is 11.3 Å². The molecule has 0 saturated carbocycles. The number of hydrogen-bond donors (Lipinski definition) is 1. The lowest BCUT2D eigenvalue weighted by atomic mass is 9.78. The van der Waals surface area contributed by atoms with Crippen molar-refractivity contribution < 1.29 is 0 Å². The Balaban J connectivity index is 1.58. The summed E-state index contributed by atoms with van der Waals surface area (Å²) in [5.41, 5.74) is 0.614. The molecule has 0 unspecified atom stereocenters. The Labute approximate surface area is 120 Å². The predicted octanol–water partition coefficient (Wildman–Crippen LogP) is 2.84. The van der Waals surface area contributed by atoms with E-state index in [2.05, 4.69) is 35.2 Å². The summed E-state index contributed by atoms with van der Waals surface area (Å²) in [4.78, 5) is 8.64. The fourth-order valence-electron chi connectivity index (χ4n) is 3.38. The minimum absolute atomic E-state index is 0.612. The lowest BCUT2D eigenvalue weighted by Gasteiger charge is -2.33. The van der Waals surface area contributed by atoms with Crippen LogP contribution in [-0.4, -0.2) is 36.1 Å². The molecule has 3 nitrogen and oxygen atoms in total. The maximum Gasteiger partial charge on any atom is 0.107 e. The van der Waals surface area contributed by atoms with E-state index in [1.165, 1.54) is 55.3 Å². The summed E-state index contributed by atoms with van der Waals surface area (Å²) < 4.78 is 0. The molecule has 2 saturated heterocycles. The molecule has 0 bridgehead atoms. The summed E-state index contributed by atoms with van der Waals surface area (Å²) >= 11 is 1.90. The first-order valence-electron chi connectivity index (χ1n) is 7.55. The van der Waals surface area contributed by atoms with E-state index in [1.54, 1.807) is 0 Å². The summed E-state index contributed by atoms with van der Waals surface area (Å²) in [6.45, 7) is 10.5. The summed E-state index contributed by atoms with van der Waals surface area (Å²) in [6, 6.07) is 0. The molecule has 2 aliphatic heterocycles. The number of thiazole rings is 1. The highest BCUT2D eigenvalue weighted by atomic mass is 32.1. The Bertz CT molecular complexity index is 421. The molecule has 106 valence electrons. The summed E-state index contributed by atoms with van der Waals surface area (Å²) in [7, 11) is 0. The minimum Gasteiger partial charge on any atom is -0.317 e. The van der Waals surface area contributed by atoms with Gasteiger partial charge in [0.15, 0.2) is 0 Å². The van der Waals surface area contributed by atoms with E-state index in [-0.39, 0.29) is 0 Å². The standard InChI is InChI=1S/C15H25N3S/c1-12(2)13-9-17-14(19-13)10-18-8-5-15(11-18)3-6-16-7-4-15/h9,12,16H,3-8,10-11H2,1-2H3. The summed E-state index contributed by atoms with van der Waals surface area (Å²) in [5.74, 6) is 0.612. The molecule has 2 fully saturated rings. The van der Waals surface area contributed by atoms with Gasteiger partial charge in [-0.1, -0.05) is 13.8 Å². The SMILES string of the molecule is CC(C)c1cnc(CN2CCC3(CCNCC3)C2)s1. The normalized spacial score (nSPS) is 23.5. The van der Waals surface area contributed by atoms with Crippen molar-refractivity contribution in [3.63, 3.8) is 0 Å². The number of nitrogens with zero attached hydrogens (tertiary/aromatic N) is 2. The molecule has 1 aromatic rings. The maximum absolute atomic E-state index is 4.60. The first kappa shape index (κ1) is 13.5. The minimum atomic E-state index is 0.612. The second-order valence-corrected chi connectivity index (χ2v) is 7.67. The third kappa shape index (κ3) is 3.01. The number of nitrogens with one attached hydrogen (secondary N) is 1. The van der Waals surface area contributed by atoms with Crippen LogP contribution in [0.2, 0.25) is 0 Å². The summed E-state index contributed by atoms with van der Waals surface area (Å²) in [6.07, 6.45) is 6.18. The van der Waals surface area contributed by atoms with Crippen LogP contribution in [0.1, 0.15) is 48.9 Å². The average Bonchev–Trinajstić information content (AvgIpc) is 2.99. The second kappa shape index (κ2) is 5.51. The molecule has 4 heteroatoms. The fraction of sp³-hybridized carbons (Fsp3) is 0.800. The second-order valence-electron chi connectivity index (χ2n) is 6.52. The lowest BCUT2D eigenvalue weighted by Crippen LogP contribution is -2.38. The molecule has 19 heavy (non-hydrogen) atoms. The van der Waals surface area contributed by atoms with Crippen LogP contribution in [0, 0.1) is 5.41 Å². The van der Waals surface area contributed by atoms with Crippen molar-refractivity contribution in [1.29, 1.82) is 0 Å². The summed E-state index contributed by atoms with van der Waals surface area (Å²) in [5, 5.41) is 4.79. The average molecular weight is 279 g/mol. The Morgan fingerprint density at radius 2 is 2.16 bits per heavy atom. The van der Waals surface area contributed by atoms with Crippen molar-refractivity contribution in [3.05, 3.63) is 16.1 Å². The molecule has 2 aliphatic rings. The van der Waals surface area contributed by atoms with Gasteiger partial charge in [0.25, 0.3) is 0 Å². The Hall–Kier alpha value is -0.450. The highest BCUT2D eigenvalue weighted by Gasteiger charge is 2.38. The van der Waals surface area contributed by atoms with Crippen LogP contribution in [0.5, 0.6) is 0 Å². The van der Waals surface area contributed by atoms with Gasteiger partial charge in [-0.2, -0.15) is 0 Å². The lowest BCUT2D eigenvalue weighted by molar-refractivity contribution is 0.194. The van der Waals surface area contributed by atoms with Crippen molar-refractivity contribution in [2.75, 3.05) is 26.2 Å². The van der Waals surface area contributed by atoms with Crippen LogP contribution in [0.3, 0.4) is 0 Å². The maximum atomic E-state index is 4.60. The van der Waals surface area contributed by atoms with Crippen LogP contribution in [0.15, 0.2) is 6.20 Å². The Morgan fingerprint density at radius 1 is 1.37 bits per heavy atom. The van der Waals surface area contributed by atoms with Gasteiger partial charge in [-0.3, -0.25) is 4.90 Å². The molecule has 3 rings (SSSR count). The third-order valence-electron chi connectivity index (χ3n) is 4.68. The smallest absolute Gasteiger partial charge is 0.107 e. The van der Waals surface area contributed by atoms with Gasteiger partial charge in [0, 0.05) is 17.6 Å². The predicted molar refractivity (Wildman–Crippen MR) is 80.6 cm³/mol. The van der Waals surface area contributed by atoms with Gasteiger partial charge in [0.1, 0.15) is 5.01 Å². The van der Waals surface area contributed by atoms with E-state index in [4.69, 9.17) is 0 Å². The molecule has 0 amide bonds. The van der Waals surface area contributed by atoms with Crippen LogP contribution in [0.25, 0.3) is 0 Å². The van der Waals surface area contributed by atoms with E-state index in [0.717, 1.165) is 6.54 Å². The largest absolute Gasteiger partial charge is 0.317 e. The van der Waals surface area contributed by atoms with Gasteiger partial charge in [0.2, 0.25) is 0 Å². The van der Waals surface area contributed by atoms with Crippen molar-refractivity contribution in [2.24, 2.45) is 5.41 Å². The zero-order chi connectivity index (χ0) is 13.3. The molecule has 1 spiro atoms. The molecule has 1 N–H and O–H groups in total. The molecule has 0 radical (unpaired) electrons. The molecule has 3 heterocycles. The van der Waals surface area contributed by atoms with E-state index >= 15 is 0 Å². The first-order chi connectivity index (χ1) is 9.17. The van der Waals surface area contributed by atoms with Crippen molar-refractivity contribution in [2.45, 2.75) is 45.6 Å². The Kier molecular flexibility index (Phi) is 3.92. The number of aromatic nitrogens is 1. The number of piperidine rings is 1. The van der Waals surface area contributed by atoms with E-state index in [0.29, 0.717) is 11.3 Å². The first-order valence-corrected chi connectivity index (χ1v) is 8.36. The van der Waals surface area contributed by atoms with Gasteiger partial charge >= 0.3 is 0 Å². The number of likely N-dealkylation sites (tertiary alicyclic amines) is 1. The van der Waals surface area contributed by atoms with E-state index in [9.17, 15) is 0 Å². The van der Waals surface area contributed by atoms with Crippen molar-refractivity contribution in [1.82, 2.24) is 15.2 Å². The molecule has 0 atom stereocenters. The quantitative estimate of drug-likeness (QED) is 0.922. The topological polar surface area (TPSA) is 28.2 Å². The van der Waals surface area contributed by atoms with Crippen molar-refractivity contribution >= 4 is 11.3 Å². The zero-order valence-corrected chi connectivity index (χ0v) is 12.9. The van der Waals surface area contributed by atoms with Gasteiger partial charge in [-0.15, -0.1) is 11.3 Å². The number of hydrogen-bond acceptors (Lipinski definition) is 4. The van der Waals surface area contributed by atoms with Crippen molar-refractivity contribution in [3.8, 4) is 0 Å². The molecular formula is C15H25N3S. The third-order valence-corrected chi connectivity index (χ3v) is 5.96. The number of rotatable bonds is 3. The monoisotopic (exact) mass is 279 g/mol. The molecular weight excluding hydrogens is 254 g/mol. The van der Waals surface area contributed by atoms with E-state index < -0.39 is 0 Å². The van der Waals surface area contributed by atoms with Crippen LogP contribution in [-0.2, 0) is 6.54 Å². The van der Waals surface area contributed by atoms with Crippen LogP contribution in [0.4, 0.5) is 0 Å². The van der Waals surface area contributed by atoms with Crippen LogP contribution < -0.4 is 5.32 Å². The van der Waals surface area contributed by atoms with Gasteiger partial charge in [-0.25, -0.2) is 4.98 Å². The molecule has 0 aromatic carbocycles. The fourth-order valence-corrected chi connectivity index (χ4v) is 4.35. The zero-order valence-electron chi connectivity index (χ0n) is 12.1. The highest BCUT2D eigenvalue weighted by molar-refractivity contribution is 7.11. The highest BCUT2D eigenvalue weighted by Crippen LogP contribution is 2.39. The van der Waals surface area contributed by atoms with Gasteiger partial charge in [-0.05, 0) is 50.2 Å². The molecule has 1 aromatic heterocycles.